The first kappa shape index (κ1) is 23.6. The summed E-state index contributed by atoms with van der Waals surface area (Å²) in [7, 11) is -7.32. The molecule has 0 unspecified atom stereocenters. The maximum atomic E-state index is 12.8. The number of nitrogens with one attached hydrogen (secondary N) is 1. The lowest BCUT2D eigenvalue weighted by Crippen LogP contribution is -2.39. The summed E-state index contributed by atoms with van der Waals surface area (Å²) in [5.41, 5.74) is 0.0215. The van der Waals surface area contributed by atoms with Gasteiger partial charge in [0.15, 0.2) is 5.69 Å². The van der Waals surface area contributed by atoms with Crippen molar-refractivity contribution in [2.24, 2.45) is 5.92 Å². The summed E-state index contributed by atoms with van der Waals surface area (Å²) >= 11 is 5.97. The molecule has 0 saturated carbocycles. The van der Waals surface area contributed by atoms with E-state index in [2.05, 4.69) is 15.3 Å². The number of piperidine rings is 1. The van der Waals surface area contributed by atoms with Crippen LogP contribution >= 0.6 is 11.6 Å². The summed E-state index contributed by atoms with van der Waals surface area (Å²) in [5, 5.41) is 1.95. The minimum atomic E-state index is -3.71. The Morgan fingerprint density at radius 3 is 2.52 bits per heavy atom. The highest BCUT2D eigenvalue weighted by molar-refractivity contribution is 7.91. The molecule has 0 radical (unpaired) electrons. The second kappa shape index (κ2) is 9.19. The van der Waals surface area contributed by atoms with Gasteiger partial charge in [0.1, 0.15) is 0 Å². The molecule has 3 rings (SSSR count). The van der Waals surface area contributed by atoms with Crippen molar-refractivity contribution in [2.45, 2.75) is 36.7 Å². The molecule has 1 saturated heterocycles. The molecule has 1 atom stereocenters. The quantitative estimate of drug-likeness (QED) is 0.621. The molecular weight excluding hydrogens is 464 g/mol. The lowest BCUT2D eigenvalue weighted by Gasteiger charge is -2.30. The number of anilines is 1. The zero-order valence-electron chi connectivity index (χ0n) is 17.1. The van der Waals surface area contributed by atoms with E-state index >= 15 is 0 Å². The van der Waals surface area contributed by atoms with Gasteiger partial charge in [0.25, 0.3) is 5.91 Å². The Hall–Kier alpha value is -2.08. The highest BCUT2D eigenvalue weighted by Gasteiger charge is 2.28. The number of rotatable bonds is 6. The van der Waals surface area contributed by atoms with Crippen LogP contribution in [0.1, 0.15) is 37.2 Å². The molecule has 9 nitrogen and oxygen atoms in total. The minimum absolute atomic E-state index is 0.106. The fourth-order valence-corrected chi connectivity index (χ4v) is 5.68. The van der Waals surface area contributed by atoms with E-state index < -0.39 is 30.9 Å². The van der Waals surface area contributed by atoms with Crippen LogP contribution in [0.25, 0.3) is 0 Å². The Kier molecular flexibility index (Phi) is 6.99. The predicted octanol–water partition coefficient (Wildman–Crippen LogP) is 2.60. The second-order valence-corrected chi connectivity index (χ2v) is 11.9. The molecule has 1 aromatic heterocycles. The average Bonchev–Trinajstić information content (AvgIpc) is 2.74. The van der Waals surface area contributed by atoms with Crippen molar-refractivity contribution in [3.63, 3.8) is 0 Å². The standard InChI is InChI=1S/C19H23ClN4O5S2/c1-3-30(26,27)19-21-11-16(20)17(23-19)18(25)22-14-6-8-15(9-7-14)31(28,29)24-10-4-5-13(2)12-24/h6-9,11,13H,3-5,10,12H2,1-2H3,(H,22,25)/t13-/m0/s1. The van der Waals surface area contributed by atoms with Crippen molar-refractivity contribution in [2.75, 3.05) is 24.2 Å². The maximum Gasteiger partial charge on any atom is 0.275 e. The molecule has 31 heavy (non-hydrogen) atoms. The number of hydrogen-bond acceptors (Lipinski definition) is 7. The number of aromatic nitrogens is 2. The van der Waals surface area contributed by atoms with Crippen molar-refractivity contribution in [3.8, 4) is 0 Å². The van der Waals surface area contributed by atoms with E-state index in [1.807, 2.05) is 6.92 Å². The van der Waals surface area contributed by atoms with Crippen LogP contribution in [0.4, 0.5) is 5.69 Å². The highest BCUT2D eigenvalue weighted by Crippen LogP contribution is 2.25. The number of sulfonamides is 1. The first-order valence-corrected chi connectivity index (χ1v) is 13.2. The molecule has 1 fully saturated rings. The predicted molar refractivity (Wildman–Crippen MR) is 116 cm³/mol. The number of amides is 1. The highest BCUT2D eigenvalue weighted by atomic mass is 35.5. The molecule has 0 aliphatic carbocycles. The summed E-state index contributed by atoms with van der Waals surface area (Å²) in [5.74, 6) is -0.650. The zero-order chi connectivity index (χ0) is 22.8. The van der Waals surface area contributed by atoms with Gasteiger partial charge in [0.2, 0.25) is 25.0 Å². The molecule has 2 aromatic rings. The van der Waals surface area contributed by atoms with Crippen LogP contribution in [0.3, 0.4) is 0 Å². The molecule has 1 aliphatic rings. The molecule has 2 heterocycles. The van der Waals surface area contributed by atoms with Gasteiger partial charge in [0, 0.05) is 18.8 Å². The summed E-state index contributed by atoms with van der Waals surface area (Å²) in [6.45, 7) is 4.43. The third-order valence-electron chi connectivity index (χ3n) is 4.96. The molecule has 0 spiro atoms. The molecule has 1 aliphatic heterocycles. The normalized spacial score (nSPS) is 18.0. The third-order valence-corrected chi connectivity index (χ3v) is 8.63. The lowest BCUT2D eigenvalue weighted by atomic mass is 10.0. The van der Waals surface area contributed by atoms with E-state index in [-0.39, 0.29) is 21.4 Å². The number of carbonyl (C=O) groups is 1. The van der Waals surface area contributed by atoms with Crippen LogP contribution in [0.5, 0.6) is 0 Å². The van der Waals surface area contributed by atoms with Gasteiger partial charge in [-0.05, 0) is 43.0 Å². The Morgan fingerprint density at radius 1 is 1.23 bits per heavy atom. The van der Waals surface area contributed by atoms with E-state index in [1.54, 1.807) is 0 Å². The molecular formula is C19H23ClN4O5S2. The number of hydrogen-bond donors (Lipinski definition) is 1. The van der Waals surface area contributed by atoms with E-state index in [0.717, 1.165) is 19.0 Å². The number of halogens is 1. The molecule has 0 bridgehead atoms. The summed E-state index contributed by atoms with van der Waals surface area (Å²) in [6, 6.07) is 5.74. The fourth-order valence-electron chi connectivity index (χ4n) is 3.20. The monoisotopic (exact) mass is 486 g/mol. The average molecular weight is 487 g/mol. The zero-order valence-corrected chi connectivity index (χ0v) is 19.5. The summed E-state index contributed by atoms with van der Waals surface area (Å²) in [4.78, 5) is 20.2. The van der Waals surface area contributed by atoms with Crippen LogP contribution < -0.4 is 5.32 Å². The Labute approximate surface area is 186 Å². The first-order chi connectivity index (χ1) is 14.5. The van der Waals surface area contributed by atoms with Crippen molar-refractivity contribution in [3.05, 3.63) is 41.2 Å². The van der Waals surface area contributed by atoms with Crippen LogP contribution in [-0.2, 0) is 19.9 Å². The molecule has 1 amide bonds. The van der Waals surface area contributed by atoms with Crippen LogP contribution in [0, 0.1) is 5.92 Å². The smallest absolute Gasteiger partial charge is 0.275 e. The molecule has 12 heteroatoms. The van der Waals surface area contributed by atoms with Gasteiger partial charge >= 0.3 is 0 Å². The van der Waals surface area contributed by atoms with Gasteiger partial charge in [0.05, 0.1) is 21.9 Å². The van der Waals surface area contributed by atoms with Gasteiger partial charge < -0.3 is 5.32 Å². The van der Waals surface area contributed by atoms with Crippen LogP contribution in [-0.4, -0.2) is 55.9 Å². The SMILES string of the molecule is CCS(=O)(=O)c1ncc(Cl)c(C(=O)Nc2ccc(S(=O)(=O)N3CCC[C@H](C)C3)cc2)n1. The number of benzene rings is 1. The second-order valence-electron chi connectivity index (χ2n) is 7.34. The van der Waals surface area contributed by atoms with Gasteiger partial charge in [-0.25, -0.2) is 26.8 Å². The van der Waals surface area contributed by atoms with Gasteiger partial charge in [-0.3, -0.25) is 4.79 Å². The van der Waals surface area contributed by atoms with Gasteiger partial charge in [-0.1, -0.05) is 25.4 Å². The Bertz CT molecular complexity index is 1180. The first-order valence-electron chi connectivity index (χ1n) is 9.71. The van der Waals surface area contributed by atoms with Crippen molar-refractivity contribution < 1.29 is 21.6 Å². The van der Waals surface area contributed by atoms with Gasteiger partial charge in [-0.2, -0.15) is 4.31 Å². The van der Waals surface area contributed by atoms with Crippen LogP contribution in [0.2, 0.25) is 5.02 Å². The maximum absolute atomic E-state index is 12.8. The largest absolute Gasteiger partial charge is 0.321 e. The minimum Gasteiger partial charge on any atom is -0.321 e. The third kappa shape index (κ3) is 5.22. The van der Waals surface area contributed by atoms with Crippen LogP contribution in [0.15, 0.2) is 40.5 Å². The molecule has 168 valence electrons. The topological polar surface area (TPSA) is 126 Å². The van der Waals surface area contributed by atoms with Crippen molar-refractivity contribution >= 4 is 43.1 Å². The Balaban J connectivity index is 1.79. The van der Waals surface area contributed by atoms with Crippen molar-refractivity contribution in [1.82, 2.24) is 14.3 Å². The number of carbonyl (C=O) groups excluding carboxylic acids is 1. The van der Waals surface area contributed by atoms with E-state index in [4.69, 9.17) is 11.6 Å². The van der Waals surface area contributed by atoms with Crippen molar-refractivity contribution in [1.29, 1.82) is 0 Å². The lowest BCUT2D eigenvalue weighted by molar-refractivity contribution is 0.102. The van der Waals surface area contributed by atoms with E-state index in [1.165, 1.54) is 35.5 Å². The number of sulfone groups is 1. The summed E-state index contributed by atoms with van der Waals surface area (Å²) in [6.07, 6.45) is 2.88. The van der Waals surface area contributed by atoms with Gasteiger partial charge in [-0.15, -0.1) is 0 Å². The Morgan fingerprint density at radius 2 is 1.90 bits per heavy atom. The number of nitrogens with zero attached hydrogens (tertiary/aromatic N) is 3. The fraction of sp³-hybridized carbons (Fsp3) is 0.421. The van der Waals surface area contributed by atoms with E-state index in [0.29, 0.717) is 24.7 Å². The molecule has 1 N–H and O–H groups in total. The summed E-state index contributed by atoms with van der Waals surface area (Å²) < 4.78 is 51.1. The van der Waals surface area contributed by atoms with E-state index in [9.17, 15) is 21.6 Å². The molecule has 1 aromatic carbocycles.